The van der Waals surface area contributed by atoms with Crippen LogP contribution in [0.4, 0.5) is 5.69 Å². The highest BCUT2D eigenvalue weighted by Crippen LogP contribution is 2.31. The number of fused-ring (bicyclic) bond motifs is 1. The normalized spacial score (nSPS) is 16.1. The third-order valence-electron chi connectivity index (χ3n) is 3.87. The second kappa shape index (κ2) is 6.20. The summed E-state index contributed by atoms with van der Waals surface area (Å²) >= 11 is 0. The Morgan fingerprint density at radius 3 is 3.00 bits per heavy atom. The van der Waals surface area contributed by atoms with Gasteiger partial charge in [-0.3, -0.25) is 4.79 Å². The van der Waals surface area contributed by atoms with Gasteiger partial charge < -0.3 is 10.6 Å². The maximum absolute atomic E-state index is 12.5. The zero-order chi connectivity index (χ0) is 13.8. The number of rotatable bonds is 4. The van der Waals surface area contributed by atoms with Crippen LogP contribution < -0.4 is 10.6 Å². The van der Waals surface area contributed by atoms with E-state index in [1.54, 1.807) is 0 Å². The predicted octanol–water partition coefficient (Wildman–Crippen LogP) is 2.79. The maximum atomic E-state index is 12.5. The van der Waals surface area contributed by atoms with Gasteiger partial charge in [-0.2, -0.15) is 0 Å². The van der Waals surface area contributed by atoms with E-state index in [1.807, 2.05) is 4.90 Å². The third-order valence-corrected chi connectivity index (χ3v) is 3.87. The molecule has 3 heteroatoms. The van der Waals surface area contributed by atoms with Gasteiger partial charge in [-0.25, -0.2) is 0 Å². The Labute approximate surface area is 115 Å². The molecule has 0 fully saturated rings. The molecule has 0 saturated heterocycles. The van der Waals surface area contributed by atoms with Crippen molar-refractivity contribution in [2.24, 2.45) is 5.73 Å². The Kier molecular flexibility index (Phi) is 4.59. The molecular weight excluding hydrogens is 236 g/mol. The van der Waals surface area contributed by atoms with Gasteiger partial charge in [0, 0.05) is 12.2 Å². The number of carbonyl (C=O) groups excluding carboxylic acids is 1. The minimum absolute atomic E-state index is 0.0868. The van der Waals surface area contributed by atoms with E-state index in [-0.39, 0.29) is 11.9 Å². The number of hydrogen-bond acceptors (Lipinski definition) is 2. The lowest BCUT2D eigenvalue weighted by Gasteiger charge is -2.32. The van der Waals surface area contributed by atoms with Crippen LogP contribution in [0, 0.1) is 6.92 Å². The lowest BCUT2D eigenvalue weighted by Crippen LogP contribution is -2.46. The third kappa shape index (κ3) is 2.98. The van der Waals surface area contributed by atoms with Crippen molar-refractivity contribution in [2.75, 3.05) is 11.4 Å². The number of anilines is 1. The molecular formula is C16H24N2O. The Hall–Kier alpha value is -1.35. The van der Waals surface area contributed by atoms with Crippen molar-refractivity contribution in [1.82, 2.24) is 0 Å². The van der Waals surface area contributed by atoms with Crippen molar-refractivity contribution in [3.8, 4) is 0 Å². The highest BCUT2D eigenvalue weighted by molar-refractivity contribution is 5.98. The lowest BCUT2D eigenvalue weighted by atomic mass is 9.97. The van der Waals surface area contributed by atoms with Crippen LogP contribution in [0.3, 0.4) is 0 Å². The van der Waals surface area contributed by atoms with Gasteiger partial charge >= 0.3 is 0 Å². The number of hydrogen-bond donors (Lipinski definition) is 1. The fourth-order valence-electron chi connectivity index (χ4n) is 2.82. The van der Waals surface area contributed by atoms with Gasteiger partial charge in [0.15, 0.2) is 0 Å². The number of nitrogens with zero attached hydrogens (tertiary/aromatic N) is 1. The quantitative estimate of drug-likeness (QED) is 0.905. The van der Waals surface area contributed by atoms with E-state index in [2.05, 4.69) is 32.0 Å². The monoisotopic (exact) mass is 260 g/mol. The molecule has 1 aliphatic heterocycles. The summed E-state index contributed by atoms with van der Waals surface area (Å²) in [6, 6.07) is 5.91. The van der Waals surface area contributed by atoms with Crippen molar-refractivity contribution >= 4 is 11.6 Å². The average Bonchev–Trinajstić information content (AvgIpc) is 2.43. The first-order valence-electron chi connectivity index (χ1n) is 7.30. The molecule has 1 heterocycles. The lowest BCUT2D eigenvalue weighted by molar-refractivity contribution is -0.120. The number of carbonyl (C=O) groups is 1. The average molecular weight is 260 g/mol. The number of nitrogens with two attached hydrogens (primary N) is 1. The summed E-state index contributed by atoms with van der Waals surface area (Å²) in [5.74, 6) is 0.0868. The predicted molar refractivity (Wildman–Crippen MR) is 79.4 cm³/mol. The second-order valence-corrected chi connectivity index (χ2v) is 5.42. The molecule has 1 aliphatic rings. The van der Waals surface area contributed by atoms with E-state index < -0.39 is 0 Å². The highest BCUT2D eigenvalue weighted by Gasteiger charge is 2.27. The Morgan fingerprint density at radius 1 is 1.47 bits per heavy atom. The number of para-hydroxylation sites is 1. The fourth-order valence-corrected chi connectivity index (χ4v) is 2.82. The first-order chi connectivity index (χ1) is 9.15. The van der Waals surface area contributed by atoms with Crippen LogP contribution in [0.2, 0.25) is 0 Å². The molecule has 0 radical (unpaired) electrons. The molecule has 1 atom stereocenters. The van der Waals surface area contributed by atoms with E-state index in [1.165, 1.54) is 11.1 Å². The van der Waals surface area contributed by atoms with E-state index >= 15 is 0 Å². The minimum atomic E-state index is -0.356. The number of unbranched alkanes of at least 4 members (excludes halogenated alkanes) is 1. The first kappa shape index (κ1) is 14.1. The minimum Gasteiger partial charge on any atom is -0.320 e. The first-order valence-corrected chi connectivity index (χ1v) is 7.30. The summed E-state index contributed by atoms with van der Waals surface area (Å²) in [7, 11) is 0. The van der Waals surface area contributed by atoms with Gasteiger partial charge in [0.1, 0.15) is 0 Å². The van der Waals surface area contributed by atoms with Crippen molar-refractivity contribution in [1.29, 1.82) is 0 Å². The van der Waals surface area contributed by atoms with E-state index in [0.717, 1.165) is 44.3 Å². The molecule has 0 aromatic heterocycles. The molecule has 1 aromatic rings. The molecule has 1 aromatic carbocycles. The Morgan fingerprint density at radius 2 is 2.26 bits per heavy atom. The van der Waals surface area contributed by atoms with Gasteiger partial charge in [0.25, 0.3) is 0 Å². The molecule has 104 valence electrons. The van der Waals surface area contributed by atoms with Crippen LogP contribution in [0.5, 0.6) is 0 Å². The Bertz CT molecular complexity index is 456. The molecule has 2 rings (SSSR count). The summed E-state index contributed by atoms with van der Waals surface area (Å²) in [5.41, 5.74) is 9.61. The fraction of sp³-hybridized carbons (Fsp3) is 0.562. The molecule has 0 saturated carbocycles. The van der Waals surface area contributed by atoms with Crippen LogP contribution >= 0.6 is 0 Å². The smallest absolute Gasteiger partial charge is 0.243 e. The van der Waals surface area contributed by atoms with Gasteiger partial charge in [-0.05, 0) is 37.3 Å². The number of amides is 1. The summed E-state index contributed by atoms with van der Waals surface area (Å²) in [6.45, 7) is 5.00. The van der Waals surface area contributed by atoms with Crippen molar-refractivity contribution in [3.05, 3.63) is 29.3 Å². The van der Waals surface area contributed by atoms with E-state index in [4.69, 9.17) is 5.73 Å². The number of benzene rings is 1. The molecule has 1 unspecified atom stereocenters. The van der Waals surface area contributed by atoms with Crippen LogP contribution in [-0.4, -0.2) is 18.5 Å². The number of aryl methyl sites for hydroxylation is 2. The van der Waals surface area contributed by atoms with Gasteiger partial charge in [0.2, 0.25) is 5.91 Å². The molecule has 0 bridgehead atoms. The van der Waals surface area contributed by atoms with E-state index in [0.29, 0.717) is 0 Å². The Balaban J connectivity index is 2.21. The molecule has 0 spiro atoms. The second-order valence-electron chi connectivity index (χ2n) is 5.42. The largest absolute Gasteiger partial charge is 0.320 e. The van der Waals surface area contributed by atoms with Gasteiger partial charge in [0.05, 0.1) is 6.04 Å². The molecule has 0 aliphatic carbocycles. The molecule has 19 heavy (non-hydrogen) atoms. The van der Waals surface area contributed by atoms with Crippen LogP contribution in [0.25, 0.3) is 0 Å². The molecule has 3 nitrogen and oxygen atoms in total. The van der Waals surface area contributed by atoms with Crippen LogP contribution in [-0.2, 0) is 11.2 Å². The van der Waals surface area contributed by atoms with Crippen molar-refractivity contribution in [3.63, 3.8) is 0 Å². The zero-order valence-corrected chi connectivity index (χ0v) is 12.0. The molecule has 1 amide bonds. The SMILES string of the molecule is CCCCC(N)C(=O)N1CCCc2cccc(C)c21. The van der Waals surface area contributed by atoms with Crippen molar-refractivity contribution in [2.45, 2.75) is 52.0 Å². The zero-order valence-electron chi connectivity index (χ0n) is 12.0. The standard InChI is InChI=1S/C16H24N2O/c1-3-4-10-14(17)16(19)18-11-6-9-13-8-5-7-12(2)15(13)18/h5,7-8,14H,3-4,6,9-11,17H2,1-2H3. The maximum Gasteiger partial charge on any atom is 0.243 e. The summed E-state index contributed by atoms with van der Waals surface area (Å²) in [5, 5.41) is 0. The summed E-state index contributed by atoms with van der Waals surface area (Å²) < 4.78 is 0. The van der Waals surface area contributed by atoms with Crippen LogP contribution in [0.15, 0.2) is 18.2 Å². The molecule has 2 N–H and O–H groups in total. The van der Waals surface area contributed by atoms with Gasteiger partial charge in [-0.15, -0.1) is 0 Å². The highest BCUT2D eigenvalue weighted by atomic mass is 16.2. The summed E-state index contributed by atoms with van der Waals surface area (Å²) in [6.07, 6.45) is 4.97. The topological polar surface area (TPSA) is 46.3 Å². The van der Waals surface area contributed by atoms with Crippen molar-refractivity contribution < 1.29 is 4.79 Å². The van der Waals surface area contributed by atoms with Crippen LogP contribution in [0.1, 0.15) is 43.7 Å². The summed E-state index contributed by atoms with van der Waals surface area (Å²) in [4.78, 5) is 14.4. The van der Waals surface area contributed by atoms with Gasteiger partial charge in [-0.1, -0.05) is 38.0 Å². The van der Waals surface area contributed by atoms with E-state index in [9.17, 15) is 4.79 Å².